The second-order valence-electron chi connectivity index (χ2n) is 2.58. The molecule has 1 aliphatic heterocycles. The molecule has 2 rings (SSSR count). The molecule has 0 bridgehead atoms. The van der Waals surface area contributed by atoms with Gasteiger partial charge in [0.05, 0.1) is 6.54 Å². The molecule has 1 aromatic rings. The molecular weight excluding hydrogens is 164 g/mol. The summed E-state index contributed by atoms with van der Waals surface area (Å²) < 4.78 is 2.14. The number of fused-ring (bicyclic) bond motifs is 1. The topological polar surface area (TPSA) is 33.1 Å². The van der Waals surface area contributed by atoms with E-state index in [1.807, 2.05) is 26.2 Å². The van der Waals surface area contributed by atoms with Gasteiger partial charge in [-0.25, -0.2) is 10.4 Å². The van der Waals surface area contributed by atoms with Crippen molar-refractivity contribution in [3.63, 3.8) is 0 Å². The minimum Gasteiger partial charge on any atom is -0.314 e. The molecule has 0 spiro atoms. The van der Waals surface area contributed by atoms with E-state index in [0.29, 0.717) is 0 Å². The van der Waals surface area contributed by atoms with Gasteiger partial charge in [-0.15, -0.1) is 0 Å². The Morgan fingerprint density at radius 2 is 2.31 bits per heavy atom. The molecule has 1 aliphatic rings. The first-order valence-electron chi connectivity index (χ1n) is 4.94. The fourth-order valence-corrected chi connectivity index (χ4v) is 1.37. The van der Waals surface area contributed by atoms with E-state index in [9.17, 15) is 0 Å². The summed E-state index contributed by atoms with van der Waals surface area (Å²) in [5.74, 6) is 1.03. The molecule has 0 unspecified atom stereocenters. The van der Waals surface area contributed by atoms with Crippen molar-refractivity contribution in [1.29, 1.82) is 0 Å². The number of hydrazine groups is 1. The van der Waals surface area contributed by atoms with Crippen molar-refractivity contribution in [3.05, 3.63) is 12.4 Å². The van der Waals surface area contributed by atoms with Gasteiger partial charge in [0.1, 0.15) is 0 Å². The Bertz CT molecular complexity index is 249. The summed E-state index contributed by atoms with van der Waals surface area (Å²) in [6, 6.07) is 0. The summed E-state index contributed by atoms with van der Waals surface area (Å²) in [5, 5.41) is 2.08. The highest BCUT2D eigenvalue weighted by atomic mass is 15.6. The predicted octanol–water partition coefficient (Wildman–Crippen LogP) is 1.50. The van der Waals surface area contributed by atoms with Gasteiger partial charge in [-0.05, 0) is 0 Å². The normalized spacial score (nSPS) is 13.6. The minimum atomic E-state index is 0. The summed E-state index contributed by atoms with van der Waals surface area (Å²) in [7, 11) is 0. The van der Waals surface area contributed by atoms with Crippen LogP contribution in [0, 0.1) is 0 Å². The van der Waals surface area contributed by atoms with Gasteiger partial charge in [-0.1, -0.05) is 20.8 Å². The van der Waals surface area contributed by atoms with Crippen molar-refractivity contribution in [3.8, 4) is 0 Å². The molecule has 0 atom stereocenters. The molecule has 1 aromatic heterocycles. The third-order valence-electron chi connectivity index (χ3n) is 1.85. The fourth-order valence-electron chi connectivity index (χ4n) is 1.37. The van der Waals surface area contributed by atoms with Crippen LogP contribution >= 0.6 is 0 Å². The van der Waals surface area contributed by atoms with E-state index >= 15 is 0 Å². The quantitative estimate of drug-likeness (QED) is 0.756. The average molecular weight is 184 g/mol. The lowest BCUT2D eigenvalue weighted by Gasteiger charge is -2.15. The monoisotopic (exact) mass is 184 g/mol. The van der Waals surface area contributed by atoms with Gasteiger partial charge >= 0.3 is 0 Å². The van der Waals surface area contributed by atoms with Gasteiger partial charge in [0.15, 0.2) is 0 Å². The predicted molar refractivity (Wildman–Crippen MR) is 56.7 cm³/mol. The number of anilines is 1. The van der Waals surface area contributed by atoms with E-state index in [4.69, 9.17) is 0 Å². The average Bonchev–Trinajstić information content (AvgIpc) is 2.74. The van der Waals surface area contributed by atoms with Gasteiger partial charge in [0, 0.05) is 26.9 Å². The van der Waals surface area contributed by atoms with E-state index in [0.717, 1.165) is 25.6 Å². The highest BCUT2D eigenvalue weighted by molar-refractivity contribution is 5.32. The van der Waals surface area contributed by atoms with E-state index in [1.54, 1.807) is 0 Å². The third kappa shape index (κ3) is 2.01. The van der Waals surface area contributed by atoms with E-state index < -0.39 is 0 Å². The Kier molecular flexibility index (Phi) is 3.76. The van der Waals surface area contributed by atoms with Gasteiger partial charge < -0.3 is 4.57 Å². The maximum absolute atomic E-state index is 4.22. The van der Waals surface area contributed by atoms with Gasteiger partial charge in [-0.3, -0.25) is 5.01 Å². The first kappa shape index (κ1) is 10.1. The molecule has 2 heterocycles. The van der Waals surface area contributed by atoms with Crippen LogP contribution in [0.3, 0.4) is 0 Å². The van der Waals surface area contributed by atoms with E-state index in [1.165, 1.54) is 0 Å². The maximum Gasteiger partial charge on any atom is 0.220 e. The van der Waals surface area contributed by atoms with Crippen LogP contribution in [0.25, 0.3) is 0 Å². The molecule has 4 heteroatoms. The van der Waals surface area contributed by atoms with E-state index in [2.05, 4.69) is 26.9 Å². The smallest absolute Gasteiger partial charge is 0.220 e. The van der Waals surface area contributed by atoms with Gasteiger partial charge in [-0.2, -0.15) is 0 Å². The Hall–Kier alpha value is -1.03. The van der Waals surface area contributed by atoms with Crippen molar-refractivity contribution in [1.82, 2.24) is 15.0 Å². The van der Waals surface area contributed by atoms with Gasteiger partial charge in [0.25, 0.3) is 0 Å². The molecule has 4 nitrogen and oxygen atoms in total. The molecule has 0 saturated carbocycles. The second kappa shape index (κ2) is 4.87. The zero-order valence-corrected chi connectivity index (χ0v) is 8.62. The Labute approximate surface area is 81.0 Å². The molecule has 0 saturated heterocycles. The number of aromatic nitrogens is 2. The van der Waals surface area contributed by atoms with Crippen LogP contribution in [0.1, 0.15) is 22.2 Å². The van der Waals surface area contributed by atoms with Crippen LogP contribution in [-0.2, 0) is 6.54 Å². The molecule has 0 aromatic carbocycles. The molecule has 0 amide bonds. The molecule has 0 radical (unpaired) electrons. The van der Waals surface area contributed by atoms with Crippen LogP contribution in [0.2, 0.25) is 0 Å². The summed E-state index contributed by atoms with van der Waals surface area (Å²) in [6.07, 6.45) is 3.84. The van der Waals surface area contributed by atoms with Crippen LogP contribution in [-0.4, -0.2) is 22.6 Å². The summed E-state index contributed by atoms with van der Waals surface area (Å²) >= 11 is 0. The maximum atomic E-state index is 4.22. The number of nitrogens with zero attached hydrogens (tertiary/aromatic N) is 3. The van der Waals surface area contributed by atoms with Crippen LogP contribution < -0.4 is 10.4 Å². The number of imidazole rings is 1. The second-order valence-corrected chi connectivity index (χ2v) is 2.58. The first-order valence-corrected chi connectivity index (χ1v) is 4.94. The molecule has 1 N–H and O–H groups in total. The Balaban J connectivity index is 0.000000531. The number of nitrogens with one attached hydrogen (secondary N) is 1. The van der Waals surface area contributed by atoms with E-state index in [-0.39, 0.29) is 1.43 Å². The molecule has 76 valence electrons. The largest absolute Gasteiger partial charge is 0.314 e. The SMILES string of the molecule is CC.CCNN1CCn2ccnc21.[HH]. The van der Waals surface area contributed by atoms with Crippen LogP contribution in [0.5, 0.6) is 0 Å². The zero-order valence-electron chi connectivity index (χ0n) is 8.62. The summed E-state index contributed by atoms with van der Waals surface area (Å²) in [5.41, 5.74) is 3.24. The molecule has 13 heavy (non-hydrogen) atoms. The number of hydrogen-bond donors (Lipinski definition) is 1. The summed E-state index contributed by atoms with van der Waals surface area (Å²) in [6.45, 7) is 9.11. The van der Waals surface area contributed by atoms with Crippen molar-refractivity contribution < 1.29 is 1.43 Å². The molecule has 0 fully saturated rings. The van der Waals surface area contributed by atoms with Crippen molar-refractivity contribution in [2.24, 2.45) is 0 Å². The zero-order chi connectivity index (χ0) is 9.68. The summed E-state index contributed by atoms with van der Waals surface area (Å²) in [4.78, 5) is 4.22. The lowest BCUT2D eigenvalue weighted by atomic mass is 10.6. The third-order valence-corrected chi connectivity index (χ3v) is 1.85. The lowest BCUT2D eigenvalue weighted by Crippen LogP contribution is -2.36. The van der Waals surface area contributed by atoms with Crippen molar-refractivity contribution in [2.45, 2.75) is 27.3 Å². The molecule has 0 aliphatic carbocycles. The fraction of sp³-hybridized carbons (Fsp3) is 0.667. The van der Waals surface area contributed by atoms with Crippen molar-refractivity contribution in [2.75, 3.05) is 18.1 Å². The van der Waals surface area contributed by atoms with Gasteiger partial charge in [0.2, 0.25) is 5.95 Å². The van der Waals surface area contributed by atoms with Crippen LogP contribution in [0.4, 0.5) is 5.95 Å². The van der Waals surface area contributed by atoms with Crippen LogP contribution in [0.15, 0.2) is 12.4 Å². The van der Waals surface area contributed by atoms with Crippen molar-refractivity contribution >= 4 is 5.95 Å². The highest BCUT2D eigenvalue weighted by Crippen LogP contribution is 2.15. The lowest BCUT2D eigenvalue weighted by molar-refractivity contribution is 0.658. The number of rotatable bonds is 2. The Morgan fingerprint density at radius 3 is 3.00 bits per heavy atom. The highest BCUT2D eigenvalue weighted by Gasteiger charge is 2.17. The Morgan fingerprint density at radius 1 is 1.54 bits per heavy atom. The standard InChI is InChI=1S/C7H12N4.C2H6.H2/c1-2-9-11-6-5-10-4-3-8-7(10)11;1-2;/h3-4,9H,2,5-6H2,1H3;1-2H3;1H. The number of hydrogen-bond acceptors (Lipinski definition) is 3. The minimum absolute atomic E-state index is 0. The first-order chi connectivity index (χ1) is 6.42. The molecular formula is C9H20N4.